The first-order valence-electron chi connectivity index (χ1n) is 11.3. The van der Waals surface area contributed by atoms with Crippen molar-refractivity contribution in [2.45, 2.75) is 38.9 Å². The van der Waals surface area contributed by atoms with Crippen LogP contribution in [-0.2, 0) is 6.54 Å². The third-order valence-electron chi connectivity index (χ3n) is 5.97. The molecule has 1 unspecified atom stereocenters. The average Bonchev–Trinajstić information content (AvgIpc) is 2.97. The number of carbonyl (C=O) groups excluding carboxylic acids is 1. The molecule has 2 aromatic carbocycles. The Balaban J connectivity index is 1.34. The predicted octanol–water partition coefficient (Wildman–Crippen LogP) is 4.03. The monoisotopic (exact) mass is 440 g/mol. The summed E-state index contributed by atoms with van der Waals surface area (Å²) in [7, 11) is 0. The number of piperazine rings is 1. The van der Waals surface area contributed by atoms with Crippen molar-refractivity contribution in [2.24, 2.45) is 4.99 Å². The number of hydrogen-bond donors (Lipinski definition) is 2. The summed E-state index contributed by atoms with van der Waals surface area (Å²) >= 11 is 0. The van der Waals surface area contributed by atoms with Crippen molar-refractivity contribution in [2.75, 3.05) is 18.4 Å². The topological polar surface area (TPSA) is 82.5 Å². The van der Waals surface area contributed by atoms with Gasteiger partial charge < -0.3 is 15.5 Å². The molecule has 7 heteroatoms. The Morgan fingerprint density at radius 1 is 1.15 bits per heavy atom. The number of fused-ring (bicyclic) bond motifs is 3. The fourth-order valence-corrected chi connectivity index (χ4v) is 4.68. The fourth-order valence-electron chi connectivity index (χ4n) is 4.68. The molecule has 2 aliphatic rings. The van der Waals surface area contributed by atoms with Gasteiger partial charge in [0.25, 0.3) is 5.91 Å². The lowest BCUT2D eigenvalue weighted by atomic mass is 9.98. The lowest BCUT2D eigenvalue weighted by molar-refractivity contribution is 0.0596. The van der Waals surface area contributed by atoms with Gasteiger partial charge in [-0.15, -0.1) is 0 Å². The first-order chi connectivity index (χ1) is 15.9. The summed E-state index contributed by atoms with van der Waals surface area (Å²) < 4.78 is 0. The van der Waals surface area contributed by atoms with Gasteiger partial charge in [-0.3, -0.25) is 9.79 Å². The molecule has 1 saturated heterocycles. The zero-order chi connectivity index (χ0) is 23.0. The van der Waals surface area contributed by atoms with Crippen molar-refractivity contribution in [1.29, 1.82) is 0 Å². The van der Waals surface area contributed by atoms with Gasteiger partial charge in [0.15, 0.2) is 0 Å². The van der Waals surface area contributed by atoms with Gasteiger partial charge in [0.2, 0.25) is 5.95 Å². The van der Waals surface area contributed by atoms with Crippen LogP contribution in [0.5, 0.6) is 0 Å². The number of benzene rings is 2. The Morgan fingerprint density at radius 3 is 2.73 bits per heavy atom. The van der Waals surface area contributed by atoms with E-state index in [1.165, 1.54) is 0 Å². The molecule has 3 aromatic rings. The van der Waals surface area contributed by atoms with Crippen LogP contribution in [0.1, 0.15) is 42.3 Å². The van der Waals surface area contributed by atoms with E-state index in [4.69, 9.17) is 4.98 Å². The molecule has 1 atom stereocenters. The minimum atomic E-state index is -0.0961. The second kappa shape index (κ2) is 8.41. The highest BCUT2D eigenvalue weighted by Crippen LogP contribution is 2.28. The van der Waals surface area contributed by atoms with E-state index < -0.39 is 0 Å². The Kier molecular flexibility index (Phi) is 5.42. The molecule has 0 aliphatic carbocycles. The molecule has 0 spiro atoms. The number of anilines is 2. The van der Waals surface area contributed by atoms with Gasteiger partial charge in [-0.25, -0.2) is 9.97 Å². The first-order valence-corrected chi connectivity index (χ1v) is 11.3. The maximum atomic E-state index is 13.1. The predicted molar refractivity (Wildman–Crippen MR) is 131 cm³/mol. The lowest BCUT2D eigenvalue weighted by Gasteiger charge is -2.42. The minimum absolute atomic E-state index is 0.0564. The van der Waals surface area contributed by atoms with E-state index in [1.54, 1.807) is 0 Å². The van der Waals surface area contributed by atoms with Crippen molar-refractivity contribution >= 4 is 23.8 Å². The largest absolute Gasteiger partial charge is 0.335 e. The third kappa shape index (κ3) is 4.50. The summed E-state index contributed by atoms with van der Waals surface area (Å²) in [5.41, 5.74) is 5.40. The smallest absolute Gasteiger partial charge is 0.253 e. The second-order valence-electron chi connectivity index (χ2n) is 9.44. The average molecular weight is 441 g/mol. The Hall–Kier alpha value is -3.58. The zero-order valence-corrected chi connectivity index (χ0v) is 19.2. The minimum Gasteiger partial charge on any atom is -0.335 e. The van der Waals surface area contributed by atoms with E-state index in [0.29, 0.717) is 31.1 Å². The van der Waals surface area contributed by atoms with E-state index in [9.17, 15) is 4.79 Å². The van der Waals surface area contributed by atoms with E-state index in [2.05, 4.69) is 47.4 Å². The standard InChI is InChI=1S/C26H28N6O/c1-17-15-32(16-26(2,3)31-17)24(33)18-8-10-21(11-9-18)29-25-28-14-20-13-27-12-19-6-4-5-7-22(19)23(20)30-25/h4-12,14,17,31H,13,15-16H2,1-3H3,(H,28,29,30). The highest BCUT2D eigenvalue weighted by atomic mass is 16.2. The van der Waals surface area contributed by atoms with Crippen LogP contribution < -0.4 is 10.6 Å². The van der Waals surface area contributed by atoms with Crippen molar-refractivity contribution in [3.05, 3.63) is 71.4 Å². The van der Waals surface area contributed by atoms with E-state index in [1.807, 2.05) is 59.8 Å². The normalized spacial score (nSPS) is 18.8. The summed E-state index contributed by atoms with van der Waals surface area (Å²) in [4.78, 5) is 28.7. The number of amides is 1. The highest BCUT2D eigenvalue weighted by molar-refractivity contribution is 5.95. The van der Waals surface area contributed by atoms with E-state index >= 15 is 0 Å². The van der Waals surface area contributed by atoms with E-state index in [-0.39, 0.29) is 17.5 Å². The quantitative estimate of drug-likeness (QED) is 0.643. The molecule has 2 N–H and O–H groups in total. The Labute approximate surface area is 194 Å². The van der Waals surface area contributed by atoms with Crippen LogP contribution >= 0.6 is 0 Å². The van der Waals surface area contributed by atoms with Crippen LogP contribution in [0.15, 0.2) is 59.7 Å². The molecule has 0 saturated carbocycles. The number of carbonyl (C=O) groups is 1. The van der Waals surface area contributed by atoms with Gasteiger partial charge in [-0.1, -0.05) is 24.3 Å². The van der Waals surface area contributed by atoms with Gasteiger partial charge in [0, 0.05) is 65.0 Å². The molecule has 1 amide bonds. The van der Waals surface area contributed by atoms with Crippen LogP contribution in [0.25, 0.3) is 11.3 Å². The number of rotatable bonds is 3. The fraction of sp³-hybridized carbons (Fsp3) is 0.308. The highest BCUT2D eigenvalue weighted by Gasteiger charge is 2.32. The third-order valence-corrected chi connectivity index (χ3v) is 5.97. The summed E-state index contributed by atoms with van der Waals surface area (Å²) in [6.45, 7) is 8.31. The molecular weight excluding hydrogens is 412 g/mol. The van der Waals surface area contributed by atoms with Crippen molar-refractivity contribution in [1.82, 2.24) is 20.2 Å². The molecule has 2 aliphatic heterocycles. The Morgan fingerprint density at radius 2 is 1.94 bits per heavy atom. The van der Waals surface area contributed by atoms with Gasteiger partial charge >= 0.3 is 0 Å². The van der Waals surface area contributed by atoms with Gasteiger partial charge in [-0.05, 0) is 45.0 Å². The summed E-state index contributed by atoms with van der Waals surface area (Å²) in [5.74, 6) is 0.572. The summed E-state index contributed by atoms with van der Waals surface area (Å²) in [6, 6.07) is 15.9. The van der Waals surface area contributed by atoms with Gasteiger partial charge in [-0.2, -0.15) is 0 Å². The maximum absolute atomic E-state index is 13.1. The number of nitrogens with one attached hydrogen (secondary N) is 2. The van der Waals surface area contributed by atoms with Crippen LogP contribution in [0, 0.1) is 0 Å². The van der Waals surface area contributed by atoms with Crippen LogP contribution in [-0.4, -0.2) is 51.7 Å². The lowest BCUT2D eigenvalue weighted by Crippen LogP contribution is -2.62. The first kappa shape index (κ1) is 21.3. The molecule has 0 radical (unpaired) electrons. The Bertz CT molecular complexity index is 1220. The van der Waals surface area contributed by atoms with Crippen molar-refractivity contribution in [3.63, 3.8) is 0 Å². The molecular formula is C26H28N6O. The van der Waals surface area contributed by atoms with E-state index in [0.717, 1.165) is 28.1 Å². The molecule has 1 aromatic heterocycles. The van der Waals surface area contributed by atoms with Gasteiger partial charge in [0.1, 0.15) is 0 Å². The molecule has 5 rings (SSSR count). The zero-order valence-electron chi connectivity index (χ0n) is 19.2. The van der Waals surface area contributed by atoms with Crippen LogP contribution in [0.3, 0.4) is 0 Å². The molecule has 3 heterocycles. The maximum Gasteiger partial charge on any atom is 0.253 e. The SMILES string of the molecule is CC1CN(C(=O)c2ccc(Nc3ncc4c(n3)-c3ccccc3C=NC4)cc2)CC(C)(C)N1. The van der Waals surface area contributed by atoms with Crippen molar-refractivity contribution < 1.29 is 4.79 Å². The van der Waals surface area contributed by atoms with Crippen LogP contribution in [0.2, 0.25) is 0 Å². The molecule has 7 nitrogen and oxygen atoms in total. The number of nitrogens with zero attached hydrogens (tertiary/aromatic N) is 4. The van der Waals surface area contributed by atoms with Crippen molar-refractivity contribution in [3.8, 4) is 11.3 Å². The summed E-state index contributed by atoms with van der Waals surface area (Å²) in [5, 5.41) is 6.81. The second-order valence-corrected chi connectivity index (χ2v) is 9.44. The van der Waals surface area contributed by atoms with Gasteiger partial charge in [0.05, 0.1) is 12.2 Å². The summed E-state index contributed by atoms with van der Waals surface area (Å²) in [6.07, 6.45) is 3.72. The number of hydrogen-bond acceptors (Lipinski definition) is 6. The van der Waals surface area contributed by atoms with Crippen LogP contribution in [0.4, 0.5) is 11.6 Å². The number of aliphatic imine (C=N–C) groups is 1. The molecule has 1 fully saturated rings. The molecule has 0 bridgehead atoms. The number of aromatic nitrogens is 2. The molecule has 33 heavy (non-hydrogen) atoms. The molecule has 168 valence electrons.